The lowest BCUT2D eigenvalue weighted by Gasteiger charge is -2.06. The van der Waals surface area contributed by atoms with Crippen molar-refractivity contribution in [3.8, 4) is 0 Å². The molecule has 4 heteroatoms. The van der Waals surface area contributed by atoms with Crippen LogP contribution in [0.25, 0.3) is 0 Å². The summed E-state index contributed by atoms with van der Waals surface area (Å²) in [6, 6.07) is 9.29. The van der Waals surface area contributed by atoms with E-state index in [2.05, 4.69) is 26.2 Å². The Morgan fingerprint density at radius 3 is 2.72 bits per heavy atom. The first kappa shape index (κ1) is 12.8. The van der Waals surface area contributed by atoms with Crippen LogP contribution in [0, 0.1) is 13.8 Å². The van der Waals surface area contributed by atoms with Gasteiger partial charge in [-0.25, -0.2) is 4.98 Å². The number of nitrogens with zero attached hydrogens (tertiary/aromatic N) is 1. The Kier molecular flexibility index (Phi) is 3.77. The first-order valence-corrected chi connectivity index (χ1v) is 6.36. The van der Waals surface area contributed by atoms with Gasteiger partial charge in [-0.15, -0.1) is 0 Å². The number of benzene rings is 1. The second-order valence-corrected chi connectivity index (χ2v) is 5.00. The number of pyridine rings is 1. The van der Waals surface area contributed by atoms with Crippen molar-refractivity contribution in [3.05, 3.63) is 57.7 Å². The minimum absolute atomic E-state index is 0.145. The van der Waals surface area contributed by atoms with E-state index in [1.807, 2.05) is 38.1 Å². The van der Waals surface area contributed by atoms with Crippen molar-refractivity contribution >= 4 is 27.7 Å². The molecule has 1 aromatic heterocycles. The van der Waals surface area contributed by atoms with Crippen LogP contribution in [0.5, 0.6) is 0 Å². The third kappa shape index (κ3) is 2.96. The van der Waals surface area contributed by atoms with Crippen molar-refractivity contribution in [3.63, 3.8) is 0 Å². The summed E-state index contributed by atoms with van der Waals surface area (Å²) in [5.41, 5.74) is 2.73. The summed E-state index contributed by atoms with van der Waals surface area (Å²) >= 11 is 3.37. The van der Waals surface area contributed by atoms with Crippen LogP contribution in [0.2, 0.25) is 0 Å². The second-order valence-electron chi connectivity index (χ2n) is 4.14. The molecule has 0 aliphatic heterocycles. The average molecular weight is 305 g/mol. The van der Waals surface area contributed by atoms with E-state index in [0.717, 1.165) is 15.6 Å². The van der Waals surface area contributed by atoms with Gasteiger partial charge in [-0.05, 0) is 53.5 Å². The molecule has 2 rings (SSSR count). The van der Waals surface area contributed by atoms with Crippen LogP contribution >= 0.6 is 15.9 Å². The molecular formula is C14H13BrN2O. The van der Waals surface area contributed by atoms with Crippen LogP contribution in [-0.2, 0) is 0 Å². The van der Waals surface area contributed by atoms with Crippen molar-refractivity contribution in [2.24, 2.45) is 0 Å². The molecule has 0 spiro atoms. The number of hydrogen-bond donors (Lipinski definition) is 1. The van der Waals surface area contributed by atoms with Crippen molar-refractivity contribution in [1.82, 2.24) is 4.98 Å². The molecule has 1 amide bonds. The van der Waals surface area contributed by atoms with Gasteiger partial charge < -0.3 is 5.32 Å². The van der Waals surface area contributed by atoms with Gasteiger partial charge in [-0.3, -0.25) is 4.79 Å². The van der Waals surface area contributed by atoms with E-state index in [0.29, 0.717) is 11.4 Å². The maximum absolute atomic E-state index is 12.0. The fraction of sp³-hybridized carbons (Fsp3) is 0.143. The summed E-state index contributed by atoms with van der Waals surface area (Å²) in [7, 11) is 0. The fourth-order valence-electron chi connectivity index (χ4n) is 1.58. The smallest absolute Gasteiger partial charge is 0.256 e. The maximum Gasteiger partial charge on any atom is 0.256 e. The summed E-state index contributed by atoms with van der Waals surface area (Å²) in [6.07, 6.45) is 1.68. The van der Waals surface area contributed by atoms with E-state index < -0.39 is 0 Å². The highest BCUT2D eigenvalue weighted by Gasteiger charge is 2.07. The van der Waals surface area contributed by atoms with Crippen LogP contribution in [0.4, 0.5) is 5.82 Å². The second kappa shape index (κ2) is 5.31. The molecular weight excluding hydrogens is 292 g/mol. The van der Waals surface area contributed by atoms with Gasteiger partial charge in [0.25, 0.3) is 5.91 Å². The summed E-state index contributed by atoms with van der Waals surface area (Å²) < 4.78 is 0.927. The summed E-state index contributed by atoms with van der Waals surface area (Å²) in [5, 5.41) is 2.78. The molecule has 1 aromatic carbocycles. The topological polar surface area (TPSA) is 42.0 Å². The van der Waals surface area contributed by atoms with E-state index in [-0.39, 0.29) is 5.91 Å². The van der Waals surface area contributed by atoms with E-state index in [1.54, 1.807) is 12.3 Å². The Hall–Kier alpha value is -1.68. The number of carbonyl (C=O) groups excluding carboxylic acids is 1. The number of halogens is 1. The van der Waals surface area contributed by atoms with Crippen LogP contribution < -0.4 is 5.32 Å². The molecule has 3 nitrogen and oxygen atoms in total. The molecule has 1 heterocycles. The molecule has 1 N–H and O–H groups in total. The molecule has 18 heavy (non-hydrogen) atoms. The van der Waals surface area contributed by atoms with Crippen LogP contribution in [0.3, 0.4) is 0 Å². The molecule has 0 saturated heterocycles. The lowest BCUT2D eigenvalue weighted by molar-refractivity contribution is 0.102. The van der Waals surface area contributed by atoms with Crippen molar-refractivity contribution < 1.29 is 4.79 Å². The molecule has 0 bridgehead atoms. The maximum atomic E-state index is 12.0. The normalized spacial score (nSPS) is 10.2. The molecule has 92 valence electrons. The fourth-order valence-corrected chi connectivity index (χ4v) is 1.80. The van der Waals surface area contributed by atoms with Crippen LogP contribution in [0.1, 0.15) is 21.5 Å². The quantitative estimate of drug-likeness (QED) is 0.919. The molecule has 0 aliphatic rings. The van der Waals surface area contributed by atoms with Crippen molar-refractivity contribution in [2.75, 3.05) is 5.32 Å². The number of carbonyl (C=O) groups is 1. The van der Waals surface area contributed by atoms with Gasteiger partial charge >= 0.3 is 0 Å². The number of hydrogen-bond acceptors (Lipinski definition) is 2. The lowest BCUT2D eigenvalue weighted by Crippen LogP contribution is -2.13. The third-order valence-corrected chi connectivity index (χ3v) is 3.40. The zero-order chi connectivity index (χ0) is 13.1. The highest BCUT2D eigenvalue weighted by Crippen LogP contribution is 2.17. The Bertz CT molecular complexity index is 596. The van der Waals surface area contributed by atoms with Crippen molar-refractivity contribution in [2.45, 2.75) is 13.8 Å². The monoisotopic (exact) mass is 304 g/mol. The SMILES string of the molecule is Cc1cccc(C(=O)Nc2cc(C)c(Br)cn2)c1. The number of aromatic nitrogens is 1. The van der Waals surface area contributed by atoms with E-state index >= 15 is 0 Å². The molecule has 0 radical (unpaired) electrons. The highest BCUT2D eigenvalue weighted by molar-refractivity contribution is 9.10. The highest BCUT2D eigenvalue weighted by atomic mass is 79.9. The molecule has 2 aromatic rings. The molecule has 0 fully saturated rings. The van der Waals surface area contributed by atoms with Gasteiger partial charge in [-0.1, -0.05) is 17.7 Å². The molecule has 0 atom stereocenters. The number of rotatable bonds is 2. The Morgan fingerprint density at radius 1 is 1.28 bits per heavy atom. The Labute approximate surface area is 114 Å². The van der Waals surface area contributed by atoms with Crippen LogP contribution in [-0.4, -0.2) is 10.9 Å². The minimum Gasteiger partial charge on any atom is -0.307 e. The standard InChI is InChI=1S/C14H13BrN2O/c1-9-4-3-5-11(6-9)14(18)17-13-7-10(2)12(15)8-16-13/h3-8H,1-2H3,(H,16,17,18). The molecule has 0 unspecified atom stereocenters. The van der Waals surface area contributed by atoms with Gasteiger partial charge in [0.15, 0.2) is 0 Å². The van der Waals surface area contributed by atoms with Gasteiger partial charge in [0, 0.05) is 16.2 Å². The van der Waals surface area contributed by atoms with E-state index in [9.17, 15) is 4.79 Å². The van der Waals surface area contributed by atoms with Gasteiger partial charge in [0.2, 0.25) is 0 Å². The first-order chi connectivity index (χ1) is 8.56. The number of amides is 1. The molecule has 0 saturated carbocycles. The lowest BCUT2D eigenvalue weighted by atomic mass is 10.1. The Morgan fingerprint density at radius 2 is 2.06 bits per heavy atom. The third-order valence-electron chi connectivity index (χ3n) is 2.57. The summed E-state index contributed by atoms with van der Waals surface area (Å²) in [6.45, 7) is 3.91. The van der Waals surface area contributed by atoms with Gasteiger partial charge in [0.1, 0.15) is 5.82 Å². The van der Waals surface area contributed by atoms with Crippen molar-refractivity contribution in [1.29, 1.82) is 0 Å². The number of aryl methyl sites for hydroxylation is 2. The van der Waals surface area contributed by atoms with Gasteiger partial charge in [-0.2, -0.15) is 0 Å². The summed E-state index contributed by atoms with van der Waals surface area (Å²) in [4.78, 5) is 16.1. The Balaban J connectivity index is 2.18. The summed E-state index contributed by atoms with van der Waals surface area (Å²) in [5.74, 6) is 0.412. The predicted octanol–water partition coefficient (Wildman–Crippen LogP) is 3.71. The number of anilines is 1. The average Bonchev–Trinajstić information content (AvgIpc) is 2.34. The number of nitrogens with one attached hydrogen (secondary N) is 1. The molecule has 0 aliphatic carbocycles. The van der Waals surface area contributed by atoms with Gasteiger partial charge in [0.05, 0.1) is 0 Å². The van der Waals surface area contributed by atoms with E-state index in [4.69, 9.17) is 0 Å². The first-order valence-electron chi connectivity index (χ1n) is 5.56. The van der Waals surface area contributed by atoms with Crippen LogP contribution in [0.15, 0.2) is 41.0 Å². The largest absolute Gasteiger partial charge is 0.307 e. The predicted molar refractivity (Wildman–Crippen MR) is 75.8 cm³/mol. The zero-order valence-electron chi connectivity index (χ0n) is 10.2. The van der Waals surface area contributed by atoms with E-state index in [1.165, 1.54) is 0 Å². The zero-order valence-corrected chi connectivity index (χ0v) is 11.8. The minimum atomic E-state index is -0.145.